The number of pyridine rings is 1. The van der Waals surface area contributed by atoms with E-state index in [1.807, 2.05) is 6.20 Å². The van der Waals surface area contributed by atoms with Crippen molar-refractivity contribution in [2.45, 2.75) is 50.7 Å². The summed E-state index contributed by atoms with van der Waals surface area (Å²) in [5.74, 6) is 2.55. The largest absolute Gasteiger partial charge is 0.369 e. The van der Waals surface area contributed by atoms with Crippen LogP contribution in [-0.2, 0) is 9.53 Å². The standard InChI is InChI=1S/C20H27N3O2/c1-13-5-6-18(21-9-13)23-11-16-15(10-22-19(24)14-3-2-4-14)17-7-8-20(16,12-23)25-17/h5-6,9,14-17H,2-4,7-8,10-12H2,1H3,(H,22,24)/t15-,16+,17+,20+/m0/s1. The Morgan fingerprint density at radius 2 is 2.28 bits per heavy atom. The van der Waals surface area contributed by atoms with Gasteiger partial charge in [-0.1, -0.05) is 12.5 Å². The van der Waals surface area contributed by atoms with Gasteiger partial charge in [-0.3, -0.25) is 4.79 Å². The van der Waals surface area contributed by atoms with Crippen LogP contribution in [0.2, 0.25) is 0 Å². The molecule has 1 aliphatic carbocycles. The lowest BCUT2D eigenvalue weighted by molar-refractivity contribution is -0.127. The summed E-state index contributed by atoms with van der Waals surface area (Å²) < 4.78 is 6.48. The second-order valence-corrected chi connectivity index (χ2v) is 8.48. The number of hydrogen-bond acceptors (Lipinski definition) is 4. The van der Waals surface area contributed by atoms with Crippen LogP contribution in [0, 0.1) is 24.7 Å². The molecular weight excluding hydrogens is 314 g/mol. The Balaban J connectivity index is 1.29. The average Bonchev–Trinajstić information content (AvgIpc) is 3.20. The maximum Gasteiger partial charge on any atom is 0.223 e. The second kappa shape index (κ2) is 5.70. The van der Waals surface area contributed by atoms with Gasteiger partial charge in [-0.15, -0.1) is 0 Å². The molecule has 134 valence electrons. The number of carbonyl (C=O) groups is 1. The minimum Gasteiger partial charge on any atom is -0.369 e. The fourth-order valence-corrected chi connectivity index (χ4v) is 5.32. The molecule has 0 radical (unpaired) electrons. The number of carbonyl (C=O) groups excluding carboxylic acids is 1. The van der Waals surface area contributed by atoms with Crippen LogP contribution in [0.3, 0.4) is 0 Å². The van der Waals surface area contributed by atoms with Crippen molar-refractivity contribution < 1.29 is 9.53 Å². The molecule has 1 amide bonds. The first-order chi connectivity index (χ1) is 12.1. The number of nitrogens with zero attached hydrogens (tertiary/aromatic N) is 2. The van der Waals surface area contributed by atoms with Gasteiger partial charge in [0.15, 0.2) is 0 Å². The molecule has 1 saturated carbocycles. The van der Waals surface area contributed by atoms with Gasteiger partial charge in [-0.25, -0.2) is 4.98 Å². The summed E-state index contributed by atoms with van der Waals surface area (Å²) in [7, 11) is 0. The van der Waals surface area contributed by atoms with E-state index in [-0.39, 0.29) is 17.4 Å². The quantitative estimate of drug-likeness (QED) is 0.913. The van der Waals surface area contributed by atoms with Crippen LogP contribution in [0.1, 0.15) is 37.7 Å². The average molecular weight is 341 g/mol. The van der Waals surface area contributed by atoms with Crippen molar-refractivity contribution in [3.8, 4) is 0 Å². The Hall–Kier alpha value is -1.62. The summed E-state index contributed by atoms with van der Waals surface area (Å²) in [6.45, 7) is 4.79. The number of fused-ring (bicyclic) bond motifs is 1. The molecule has 1 spiro atoms. The molecule has 1 N–H and O–H groups in total. The van der Waals surface area contributed by atoms with Gasteiger partial charge in [-0.2, -0.15) is 0 Å². The number of anilines is 1. The second-order valence-electron chi connectivity index (χ2n) is 8.48. The number of amides is 1. The van der Waals surface area contributed by atoms with Gasteiger partial charge in [0.25, 0.3) is 0 Å². The SMILES string of the molecule is Cc1ccc(N2C[C@@H]3[C@H](CNC(=O)C4CCC4)[C@H]4CC[C@]3(C2)O4)nc1. The van der Waals surface area contributed by atoms with Crippen LogP contribution in [-0.4, -0.2) is 42.2 Å². The Morgan fingerprint density at radius 3 is 3.00 bits per heavy atom. The zero-order chi connectivity index (χ0) is 17.0. The number of rotatable bonds is 4. The zero-order valence-corrected chi connectivity index (χ0v) is 14.9. The van der Waals surface area contributed by atoms with Crippen LogP contribution in [0.4, 0.5) is 5.82 Å². The number of nitrogens with one attached hydrogen (secondary N) is 1. The Labute approximate surface area is 149 Å². The van der Waals surface area contributed by atoms with Gasteiger partial charge in [0.2, 0.25) is 5.91 Å². The lowest BCUT2D eigenvalue weighted by atomic mass is 9.73. The van der Waals surface area contributed by atoms with E-state index in [2.05, 4.69) is 34.3 Å². The molecule has 4 fully saturated rings. The van der Waals surface area contributed by atoms with Crippen molar-refractivity contribution >= 4 is 11.7 Å². The first-order valence-electron chi connectivity index (χ1n) is 9.78. The number of aryl methyl sites for hydroxylation is 1. The van der Waals surface area contributed by atoms with E-state index in [1.165, 1.54) is 12.0 Å². The van der Waals surface area contributed by atoms with Gasteiger partial charge in [0, 0.05) is 43.6 Å². The van der Waals surface area contributed by atoms with Crippen molar-refractivity contribution in [1.29, 1.82) is 0 Å². The molecule has 25 heavy (non-hydrogen) atoms. The first-order valence-corrected chi connectivity index (χ1v) is 9.78. The molecule has 5 heteroatoms. The lowest BCUT2D eigenvalue weighted by Crippen LogP contribution is -2.44. The fraction of sp³-hybridized carbons (Fsp3) is 0.700. The predicted octanol–water partition coefficient (Wildman–Crippen LogP) is 2.29. The summed E-state index contributed by atoms with van der Waals surface area (Å²) in [6.07, 6.45) is 7.90. The molecule has 3 saturated heterocycles. The van der Waals surface area contributed by atoms with Crippen LogP contribution >= 0.6 is 0 Å². The fourth-order valence-electron chi connectivity index (χ4n) is 5.32. The van der Waals surface area contributed by atoms with Crippen molar-refractivity contribution in [1.82, 2.24) is 10.3 Å². The van der Waals surface area contributed by atoms with Crippen molar-refractivity contribution in [2.75, 3.05) is 24.5 Å². The van der Waals surface area contributed by atoms with Gasteiger partial charge in [-0.05, 0) is 44.2 Å². The van der Waals surface area contributed by atoms with Crippen molar-refractivity contribution in [3.63, 3.8) is 0 Å². The summed E-state index contributed by atoms with van der Waals surface area (Å²) in [5.41, 5.74) is 1.18. The van der Waals surface area contributed by atoms with Crippen LogP contribution < -0.4 is 10.2 Å². The summed E-state index contributed by atoms with van der Waals surface area (Å²) >= 11 is 0. The number of ether oxygens (including phenoxy) is 1. The Morgan fingerprint density at radius 1 is 1.40 bits per heavy atom. The minimum atomic E-state index is -0.0108. The van der Waals surface area contributed by atoms with Gasteiger partial charge >= 0.3 is 0 Å². The van der Waals surface area contributed by atoms with Gasteiger partial charge in [0.1, 0.15) is 5.82 Å². The van der Waals surface area contributed by atoms with E-state index in [4.69, 9.17) is 4.74 Å². The molecule has 1 aromatic rings. The molecule has 4 aliphatic rings. The van der Waals surface area contributed by atoms with Crippen molar-refractivity contribution in [2.24, 2.45) is 17.8 Å². The maximum atomic E-state index is 12.2. The highest BCUT2D eigenvalue weighted by Crippen LogP contribution is 2.55. The monoisotopic (exact) mass is 341 g/mol. The molecular formula is C20H27N3O2. The molecule has 3 aliphatic heterocycles. The molecule has 1 aromatic heterocycles. The van der Waals surface area contributed by atoms with E-state index in [9.17, 15) is 4.79 Å². The first kappa shape index (κ1) is 15.6. The van der Waals surface area contributed by atoms with Crippen LogP contribution in [0.25, 0.3) is 0 Å². The molecule has 4 heterocycles. The van der Waals surface area contributed by atoms with E-state index < -0.39 is 0 Å². The number of aromatic nitrogens is 1. The molecule has 0 unspecified atom stereocenters. The smallest absolute Gasteiger partial charge is 0.223 e. The van der Waals surface area contributed by atoms with Gasteiger partial charge in [0.05, 0.1) is 11.7 Å². The highest BCUT2D eigenvalue weighted by atomic mass is 16.5. The minimum absolute atomic E-state index is 0.0108. The van der Waals surface area contributed by atoms with Gasteiger partial charge < -0.3 is 15.0 Å². The molecule has 5 nitrogen and oxygen atoms in total. The predicted molar refractivity (Wildman–Crippen MR) is 95.4 cm³/mol. The molecule has 0 aromatic carbocycles. The van der Waals surface area contributed by atoms with Crippen LogP contribution in [0.5, 0.6) is 0 Å². The van der Waals surface area contributed by atoms with Crippen LogP contribution in [0.15, 0.2) is 18.3 Å². The van der Waals surface area contributed by atoms with E-state index in [0.717, 1.165) is 51.1 Å². The molecule has 4 atom stereocenters. The number of hydrogen-bond donors (Lipinski definition) is 1. The van der Waals surface area contributed by atoms with E-state index in [0.29, 0.717) is 17.9 Å². The third kappa shape index (κ3) is 2.47. The zero-order valence-electron chi connectivity index (χ0n) is 14.9. The maximum absolute atomic E-state index is 12.2. The van der Waals surface area contributed by atoms with E-state index in [1.54, 1.807) is 0 Å². The Kier molecular flexibility index (Phi) is 3.56. The summed E-state index contributed by atoms with van der Waals surface area (Å²) in [4.78, 5) is 19.2. The third-order valence-electron chi connectivity index (χ3n) is 6.99. The summed E-state index contributed by atoms with van der Waals surface area (Å²) in [6, 6.07) is 4.25. The van der Waals surface area contributed by atoms with E-state index >= 15 is 0 Å². The molecule has 5 rings (SSSR count). The topological polar surface area (TPSA) is 54.5 Å². The molecule has 2 bridgehead atoms. The summed E-state index contributed by atoms with van der Waals surface area (Å²) in [5, 5.41) is 3.23. The normalized spacial score (nSPS) is 36.4. The Bertz CT molecular complexity index is 672. The highest BCUT2D eigenvalue weighted by Gasteiger charge is 2.63. The third-order valence-corrected chi connectivity index (χ3v) is 6.99. The lowest BCUT2D eigenvalue weighted by Gasteiger charge is -2.30. The highest BCUT2D eigenvalue weighted by molar-refractivity contribution is 5.79. The van der Waals surface area contributed by atoms with Crippen molar-refractivity contribution in [3.05, 3.63) is 23.9 Å².